The van der Waals surface area contributed by atoms with E-state index >= 15 is 0 Å². The highest BCUT2D eigenvalue weighted by atomic mass is 79.9. The van der Waals surface area contributed by atoms with Gasteiger partial charge in [-0.1, -0.05) is 35.8 Å². The minimum absolute atomic E-state index is 0.330. The van der Waals surface area contributed by atoms with E-state index in [4.69, 9.17) is 9.97 Å². The Hall–Kier alpha value is -1.62. The third-order valence-electron chi connectivity index (χ3n) is 4.68. The van der Waals surface area contributed by atoms with Crippen molar-refractivity contribution in [1.29, 1.82) is 0 Å². The van der Waals surface area contributed by atoms with Crippen molar-refractivity contribution in [3.63, 3.8) is 0 Å². The van der Waals surface area contributed by atoms with E-state index in [0.717, 1.165) is 41.4 Å². The molecule has 4 nitrogen and oxygen atoms in total. The van der Waals surface area contributed by atoms with Crippen molar-refractivity contribution in [1.82, 2.24) is 9.97 Å². The quantitative estimate of drug-likeness (QED) is 0.839. The summed E-state index contributed by atoms with van der Waals surface area (Å²) >= 11 is 3.59. The Morgan fingerprint density at radius 3 is 2.75 bits per heavy atom. The Morgan fingerprint density at radius 2 is 2.00 bits per heavy atom. The number of fused-ring (bicyclic) bond motifs is 1. The molecule has 0 atom stereocenters. The molecule has 2 aromatic rings. The van der Waals surface area contributed by atoms with Crippen LogP contribution in [0.1, 0.15) is 49.6 Å². The number of nitrogens with one attached hydrogen (secondary N) is 1. The van der Waals surface area contributed by atoms with E-state index in [1.54, 1.807) is 0 Å². The van der Waals surface area contributed by atoms with Gasteiger partial charge >= 0.3 is 0 Å². The molecule has 24 heavy (non-hydrogen) atoms. The predicted molar refractivity (Wildman–Crippen MR) is 102 cm³/mol. The number of benzene rings is 1. The Kier molecular flexibility index (Phi) is 4.21. The second-order valence-corrected chi connectivity index (χ2v) is 8.04. The van der Waals surface area contributed by atoms with Crippen LogP contribution in [0.15, 0.2) is 28.7 Å². The lowest BCUT2D eigenvalue weighted by atomic mass is 10.00. The summed E-state index contributed by atoms with van der Waals surface area (Å²) in [5.74, 6) is 3.28. The minimum Gasteiger partial charge on any atom is -0.367 e. The number of aromatic nitrogens is 2. The smallest absolute Gasteiger partial charge is 0.135 e. The van der Waals surface area contributed by atoms with Gasteiger partial charge in [-0.25, -0.2) is 9.97 Å². The van der Waals surface area contributed by atoms with Crippen molar-refractivity contribution < 1.29 is 0 Å². The maximum absolute atomic E-state index is 4.84. The zero-order valence-electron chi connectivity index (χ0n) is 14.2. The van der Waals surface area contributed by atoms with Crippen molar-refractivity contribution in [2.24, 2.45) is 0 Å². The average molecular weight is 387 g/mol. The van der Waals surface area contributed by atoms with Crippen LogP contribution in [0.25, 0.3) is 0 Å². The summed E-state index contributed by atoms with van der Waals surface area (Å²) < 4.78 is 1.14. The van der Waals surface area contributed by atoms with E-state index in [1.165, 1.54) is 24.0 Å². The molecular weight excluding hydrogens is 364 g/mol. The fourth-order valence-corrected chi connectivity index (χ4v) is 3.51. The van der Waals surface area contributed by atoms with Gasteiger partial charge in [-0.2, -0.15) is 0 Å². The van der Waals surface area contributed by atoms with E-state index in [-0.39, 0.29) is 0 Å². The zero-order valence-corrected chi connectivity index (χ0v) is 15.8. The summed E-state index contributed by atoms with van der Waals surface area (Å²) in [6, 6.07) is 9.32. The number of anilines is 2. The van der Waals surface area contributed by atoms with Crippen LogP contribution < -0.4 is 10.2 Å². The molecule has 0 unspecified atom stereocenters. The zero-order chi connectivity index (χ0) is 16.7. The highest BCUT2D eigenvalue weighted by molar-refractivity contribution is 9.10. The second-order valence-electron chi connectivity index (χ2n) is 7.13. The summed E-state index contributed by atoms with van der Waals surface area (Å²) in [7, 11) is 0. The van der Waals surface area contributed by atoms with Crippen LogP contribution >= 0.6 is 15.9 Å². The number of hydrogen-bond donors (Lipinski definition) is 1. The fraction of sp³-hybridized carbons (Fsp3) is 0.474. The van der Waals surface area contributed by atoms with Crippen molar-refractivity contribution in [3.8, 4) is 0 Å². The van der Waals surface area contributed by atoms with Crippen LogP contribution in [0.3, 0.4) is 0 Å². The Balaban J connectivity index is 1.64. The molecule has 1 aliphatic heterocycles. The number of rotatable bonds is 4. The first kappa shape index (κ1) is 15.9. The van der Waals surface area contributed by atoms with Crippen LogP contribution in [0.4, 0.5) is 11.6 Å². The van der Waals surface area contributed by atoms with Crippen LogP contribution in [0.5, 0.6) is 0 Å². The maximum atomic E-state index is 4.84. The molecule has 1 fully saturated rings. The lowest BCUT2D eigenvalue weighted by Gasteiger charge is -2.30. The van der Waals surface area contributed by atoms with E-state index in [0.29, 0.717) is 12.0 Å². The van der Waals surface area contributed by atoms with E-state index in [2.05, 4.69) is 64.3 Å². The van der Waals surface area contributed by atoms with Crippen molar-refractivity contribution >= 4 is 27.6 Å². The first-order valence-corrected chi connectivity index (χ1v) is 9.55. The monoisotopic (exact) mass is 386 g/mol. The van der Waals surface area contributed by atoms with Crippen LogP contribution in [0, 0.1) is 0 Å². The summed E-state index contributed by atoms with van der Waals surface area (Å²) in [4.78, 5) is 11.9. The molecule has 0 radical (unpaired) electrons. The van der Waals surface area contributed by atoms with Gasteiger partial charge in [0, 0.05) is 35.6 Å². The first-order chi connectivity index (χ1) is 11.6. The average Bonchev–Trinajstić information content (AvgIpc) is 3.37. The van der Waals surface area contributed by atoms with Crippen LogP contribution in [-0.4, -0.2) is 22.6 Å². The molecule has 2 aliphatic rings. The van der Waals surface area contributed by atoms with Crippen molar-refractivity contribution in [2.45, 2.75) is 51.6 Å². The summed E-state index contributed by atoms with van der Waals surface area (Å²) in [6.45, 7) is 6.23. The number of halogens is 1. The van der Waals surface area contributed by atoms with Gasteiger partial charge in [0.1, 0.15) is 17.5 Å². The van der Waals surface area contributed by atoms with Gasteiger partial charge in [-0.3, -0.25) is 0 Å². The molecule has 1 aromatic carbocycles. The molecule has 0 amide bonds. The summed E-state index contributed by atoms with van der Waals surface area (Å²) in [5.41, 5.74) is 2.83. The van der Waals surface area contributed by atoms with E-state index in [9.17, 15) is 0 Å². The highest BCUT2D eigenvalue weighted by Gasteiger charge is 2.24. The molecule has 0 saturated heterocycles. The molecule has 126 valence electrons. The molecule has 0 spiro atoms. The summed E-state index contributed by atoms with van der Waals surface area (Å²) in [5, 5.41) is 3.53. The molecule has 5 heteroatoms. The van der Waals surface area contributed by atoms with Gasteiger partial charge in [0.25, 0.3) is 0 Å². The lowest BCUT2D eigenvalue weighted by molar-refractivity contribution is 0.702. The van der Waals surface area contributed by atoms with Gasteiger partial charge in [-0.15, -0.1) is 0 Å². The second kappa shape index (κ2) is 6.36. The molecule has 1 saturated carbocycles. The van der Waals surface area contributed by atoms with E-state index < -0.39 is 0 Å². The largest absolute Gasteiger partial charge is 0.367 e. The fourth-order valence-electron chi connectivity index (χ4n) is 3.10. The van der Waals surface area contributed by atoms with Crippen LogP contribution in [0.2, 0.25) is 0 Å². The first-order valence-electron chi connectivity index (χ1n) is 8.76. The third kappa shape index (κ3) is 3.41. The van der Waals surface area contributed by atoms with Gasteiger partial charge in [-0.05, 0) is 42.5 Å². The molecule has 1 aromatic heterocycles. The maximum Gasteiger partial charge on any atom is 0.135 e. The van der Waals surface area contributed by atoms with Gasteiger partial charge in [0.15, 0.2) is 0 Å². The predicted octanol–water partition coefficient (Wildman–Crippen LogP) is 4.50. The van der Waals surface area contributed by atoms with Gasteiger partial charge in [0.05, 0.1) is 0 Å². The van der Waals surface area contributed by atoms with Crippen LogP contribution in [-0.2, 0) is 13.0 Å². The van der Waals surface area contributed by atoms with Gasteiger partial charge in [0.2, 0.25) is 0 Å². The lowest BCUT2D eigenvalue weighted by Crippen LogP contribution is -2.31. The standard InChI is InChI=1S/C19H23BrN4/c1-12(2)19-22-17(21-16-5-6-16)10-18(23-19)24-8-7-13-3-4-15(20)9-14(13)11-24/h3-4,9-10,12,16H,5-8,11H2,1-2H3,(H,21,22,23). The molecule has 1 aliphatic carbocycles. The highest BCUT2D eigenvalue weighted by Crippen LogP contribution is 2.30. The molecule has 2 heterocycles. The SMILES string of the molecule is CC(C)c1nc(NC2CC2)cc(N2CCc3ccc(Br)cc3C2)n1. The Bertz CT molecular complexity index is 755. The van der Waals surface area contributed by atoms with Gasteiger partial charge < -0.3 is 10.2 Å². The Morgan fingerprint density at radius 1 is 1.17 bits per heavy atom. The van der Waals surface area contributed by atoms with Crippen molar-refractivity contribution in [3.05, 3.63) is 45.7 Å². The molecular formula is C19H23BrN4. The van der Waals surface area contributed by atoms with Crippen molar-refractivity contribution in [2.75, 3.05) is 16.8 Å². The Labute approximate surface area is 151 Å². The normalized spacial score (nSPS) is 17.1. The molecule has 0 bridgehead atoms. The molecule has 4 rings (SSSR count). The third-order valence-corrected chi connectivity index (χ3v) is 5.17. The topological polar surface area (TPSA) is 41.1 Å². The molecule has 1 N–H and O–H groups in total. The number of hydrogen-bond acceptors (Lipinski definition) is 4. The number of nitrogens with zero attached hydrogens (tertiary/aromatic N) is 3. The minimum atomic E-state index is 0.330. The van der Waals surface area contributed by atoms with E-state index in [1.807, 2.05) is 0 Å². The summed E-state index contributed by atoms with van der Waals surface area (Å²) in [6.07, 6.45) is 3.57.